The molecule has 1 aliphatic heterocycles. The molecule has 14 heavy (non-hydrogen) atoms. The van der Waals surface area contributed by atoms with Crippen LogP contribution in [0, 0.1) is 0 Å². The molecule has 5 nitrogen and oxygen atoms in total. The normalized spacial score (nSPS) is 43.6. The van der Waals surface area contributed by atoms with Gasteiger partial charge in [-0.1, -0.05) is 6.08 Å². The molecule has 82 valence electrons. The zero-order valence-electron chi connectivity index (χ0n) is 8.04. The Morgan fingerprint density at radius 1 is 1.29 bits per heavy atom. The minimum absolute atomic E-state index is 0.220. The van der Waals surface area contributed by atoms with E-state index in [4.69, 9.17) is 9.47 Å². The van der Waals surface area contributed by atoms with Gasteiger partial charge in [0, 0.05) is 0 Å². The summed E-state index contributed by atoms with van der Waals surface area (Å²) < 4.78 is 10.2. The van der Waals surface area contributed by atoms with Crippen LogP contribution >= 0.6 is 0 Å². The number of hydrogen-bond donors (Lipinski definition) is 3. The Morgan fingerprint density at radius 3 is 2.50 bits per heavy atom. The molecule has 1 aliphatic rings. The topological polar surface area (TPSA) is 79.2 Å². The lowest BCUT2D eigenvalue weighted by atomic mass is 10.0. The molecule has 0 aliphatic carbocycles. The van der Waals surface area contributed by atoms with Gasteiger partial charge in [0.25, 0.3) is 0 Å². The molecule has 0 amide bonds. The minimum atomic E-state index is -1.24. The summed E-state index contributed by atoms with van der Waals surface area (Å²) >= 11 is 0. The number of aliphatic hydroxyl groups is 3. The fourth-order valence-corrected chi connectivity index (χ4v) is 1.31. The average Bonchev–Trinajstić information content (AvgIpc) is 2.18. The maximum atomic E-state index is 9.46. The smallest absolute Gasteiger partial charge is 0.186 e. The lowest BCUT2D eigenvalue weighted by Crippen LogP contribution is -2.57. The van der Waals surface area contributed by atoms with Crippen molar-refractivity contribution < 1.29 is 24.8 Å². The average molecular weight is 204 g/mol. The Bertz CT molecular complexity index is 196. The molecule has 2 unspecified atom stereocenters. The van der Waals surface area contributed by atoms with E-state index in [2.05, 4.69) is 6.58 Å². The number of rotatable bonds is 3. The fraction of sp³-hybridized carbons (Fsp3) is 0.778. The van der Waals surface area contributed by atoms with Crippen LogP contribution in [0.1, 0.15) is 6.92 Å². The van der Waals surface area contributed by atoms with Crippen LogP contribution in [0.2, 0.25) is 0 Å². The summed E-state index contributed by atoms with van der Waals surface area (Å²) in [6, 6.07) is 0. The van der Waals surface area contributed by atoms with Crippen LogP contribution in [0.4, 0.5) is 0 Å². The molecule has 0 aromatic rings. The van der Waals surface area contributed by atoms with Crippen molar-refractivity contribution in [2.24, 2.45) is 0 Å². The van der Waals surface area contributed by atoms with Crippen LogP contribution in [-0.2, 0) is 9.47 Å². The summed E-state index contributed by atoms with van der Waals surface area (Å²) in [6.07, 6.45) is -3.54. The van der Waals surface area contributed by atoms with Gasteiger partial charge in [-0.15, -0.1) is 6.58 Å². The van der Waals surface area contributed by atoms with E-state index in [-0.39, 0.29) is 6.61 Å². The van der Waals surface area contributed by atoms with E-state index >= 15 is 0 Å². The van der Waals surface area contributed by atoms with E-state index in [0.29, 0.717) is 0 Å². The van der Waals surface area contributed by atoms with Crippen molar-refractivity contribution in [1.29, 1.82) is 0 Å². The van der Waals surface area contributed by atoms with Gasteiger partial charge in [0.1, 0.15) is 18.3 Å². The first-order valence-electron chi connectivity index (χ1n) is 4.50. The van der Waals surface area contributed by atoms with E-state index in [9.17, 15) is 15.3 Å². The maximum absolute atomic E-state index is 9.46. The number of aliphatic hydroxyl groups excluding tert-OH is 3. The maximum Gasteiger partial charge on any atom is 0.186 e. The lowest BCUT2D eigenvalue weighted by molar-refractivity contribution is -0.290. The molecule has 1 saturated heterocycles. The molecule has 0 saturated carbocycles. The highest BCUT2D eigenvalue weighted by Gasteiger charge is 2.42. The standard InChI is InChI=1S/C9H16O5/c1-3-4-13-9-8(12)7(11)6(10)5(2)14-9/h3,5-12H,1,4H2,2H3/t5?,6-,7?,8-,9+/m1/s1. The van der Waals surface area contributed by atoms with Gasteiger partial charge in [-0.25, -0.2) is 0 Å². The molecule has 5 atom stereocenters. The summed E-state index contributed by atoms with van der Waals surface area (Å²) in [5.74, 6) is 0. The summed E-state index contributed by atoms with van der Waals surface area (Å²) in [7, 11) is 0. The first kappa shape index (κ1) is 11.6. The summed E-state index contributed by atoms with van der Waals surface area (Å²) in [4.78, 5) is 0. The molecule has 0 aromatic heterocycles. The Hall–Kier alpha value is -0.460. The highest BCUT2D eigenvalue weighted by atomic mass is 16.7. The van der Waals surface area contributed by atoms with Gasteiger partial charge in [0.15, 0.2) is 6.29 Å². The first-order valence-corrected chi connectivity index (χ1v) is 4.50. The monoisotopic (exact) mass is 204 g/mol. The predicted molar refractivity (Wildman–Crippen MR) is 48.5 cm³/mol. The Kier molecular flexibility index (Phi) is 4.03. The van der Waals surface area contributed by atoms with E-state index in [1.165, 1.54) is 6.08 Å². The van der Waals surface area contributed by atoms with Gasteiger partial charge in [-0.05, 0) is 6.92 Å². The van der Waals surface area contributed by atoms with Crippen LogP contribution in [0.15, 0.2) is 12.7 Å². The number of hydrogen-bond acceptors (Lipinski definition) is 5. The second-order valence-electron chi connectivity index (χ2n) is 3.30. The minimum Gasteiger partial charge on any atom is -0.388 e. The Balaban J connectivity index is 2.55. The number of ether oxygens (including phenoxy) is 2. The fourth-order valence-electron chi connectivity index (χ4n) is 1.31. The van der Waals surface area contributed by atoms with Crippen molar-refractivity contribution in [2.75, 3.05) is 6.61 Å². The third-order valence-electron chi connectivity index (χ3n) is 2.19. The summed E-state index contributed by atoms with van der Waals surface area (Å²) in [6.45, 7) is 5.27. The van der Waals surface area contributed by atoms with Crippen LogP contribution < -0.4 is 0 Å². The second-order valence-corrected chi connectivity index (χ2v) is 3.30. The molecule has 5 heteroatoms. The van der Waals surface area contributed by atoms with Gasteiger partial charge in [-0.2, -0.15) is 0 Å². The molecule has 3 N–H and O–H groups in total. The van der Waals surface area contributed by atoms with Gasteiger partial charge in [0.2, 0.25) is 0 Å². The van der Waals surface area contributed by atoms with Crippen molar-refractivity contribution in [3.05, 3.63) is 12.7 Å². The molecular formula is C9H16O5. The van der Waals surface area contributed by atoms with Crippen molar-refractivity contribution >= 4 is 0 Å². The molecule has 0 aromatic carbocycles. The van der Waals surface area contributed by atoms with Gasteiger partial charge < -0.3 is 24.8 Å². The van der Waals surface area contributed by atoms with E-state index in [1.54, 1.807) is 6.92 Å². The molecule has 1 fully saturated rings. The lowest BCUT2D eigenvalue weighted by Gasteiger charge is -2.38. The Labute approximate surface area is 82.6 Å². The third-order valence-corrected chi connectivity index (χ3v) is 2.19. The zero-order valence-corrected chi connectivity index (χ0v) is 8.04. The third kappa shape index (κ3) is 2.31. The van der Waals surface area contributed by atoms with Gasteiger partial charge in [0.05, 0.1) is 12.7 Å². The van der Waals surface area contributed by atoms with Crippen molar-refractivity contribution in [3.63, 3.8) is 0 Å². The molecule has 1 heterocycles. The SMILES string of the molecule is C=CCO[C@H]1OC(C)[C@@H](O)C(O)[C@H]1O. The van der Waals surface area contributed by atoms with E-state index in [1.807, 2.05) is 0 Å². The molecule has 1 rings (SSSR count). The molecular weight excluding hydrogens is 188 g/mol. The molecule has 0 spiro atoms. The highest BCUT2D eigenvalue weighted by molar-refractivity contribution is 4.87. The predicted octanol–water partition coefficient (Wildman–Crippen LogP) is -0.984. The molecule has 0 bridgehead atoms. The zero-order chi connectivity index (χ0) is 10.7. The van der Waals surface area contributed by atoms with E-state index < -0.39 is 30.7 Å². The quantitative estimate of drug-likeness (QED) is 0.515. The highest BCUT2D eigenvalue weighted by Crippen LogP contribution is 2.21. The summed E-state index contributed by atoms with van der Waals surface area (Å²) in [5.41, 5.74) is 0. The van der Waals surface area contributed by atoms with Crippen molar-refractivity contribution in [1.82, 2.24) is 0 Å². The van der Waals surface area contributed by atoms with Gasteiger partial charge >= 0.3 is 0 Å². The summed E-state index contributed by atoms with van der Waals surface area (Å²) in [5, 5.41) is 28.2. The van der Waals surface area contributed by atoms with Crippen LogP contribution in [0.3, 0.4) is 0 Å². The second kappa shape index (κ2) is 4.86. The van der Waals surface area contributed by atoms with Crippen LogP contribution in [0.25, 0.3) is 0 Å². The van der Waals surface area contributed by atoms with Crippen molar-refractivity contribution in [3.8, 4) is 0 Å². The Morgan fingerprint density at radius 2 is 1.93 bits per heavy atom. The van der Waals surface area contributed by atoms with E-state index in [0.717, 1.165) is 0 Å². The van der Waals surface area contributed by atoms with Crippen LogP contribution in [0.5, 0.6) is 0 Å². The largest absolute Gasteiger partial charge is 0.388 e. The molecule has 0 radical (unpaired) electrons. The first-order chi connectivity index (χ1) is 6.57. The van der Waals surface area contributed by atoms with Gasteiger partial charge in [-0.3, -0.25) is 0 Å². The van der Waals surface area contributed by atoms with Crippen molar-refractivity contribution in [2.45, 2.75) is 37.6 Å². The van der Waals surface area contributed by atoms with Crippen LogP contribution in [-0.4, -0.2) is 52.6 Å².